The second-order valence-electron chi connectivity index (χ2n) is 10.2. The second-order valence-corrected chi connectivity index (χ2v) is 10.2. The Bertz CT molecular complexity index is 923. The zero-order valence-corrected chi connectivity index (χ0v) is 26.4. The predicted molar refractivity (Wildman–Crippen MR) is 158 cm³/mol. The molecule has 1 aliphatic rings. The molecule has 0 aromatic rings. The van der Waals surface area contributed by atoms with E-state index in [4.69, 9.17) is 42.6 Å². The van der Waals surface area contributed by atoms with E-state index in [1.165, 1.54) is 13.8 Å². The molecule has 14 nitrogen and oxygen atoms in total. The van der Waals surface area contributed by atoms with Gasteiger partial charge in [0, 0.05) is 6.54 Å². The van der Waals surface area contributed by atoms with Crippen LogP contribution in [-0.4, -0.2) is 76.2 Å². The average Bonchev–Trinajstić information content (AvgIpc) is 2.87. The summed E-state index contributed by atoms with van der Waals surface area (Å²) >= 11 is 0. The molecule has 0 spiro atoms. The molecule has 44 heavy (non-hydrogen) atoms. The first-order valence-corrected chi connectivity index (χ1v) is 14.3. The first kappa shape index (κ1) is 38.6. The molecule has 0 radical (unpaired) electrons. The lowest BCUT2D eigenvalue weighted by Gasteiger charge is -2.46. The molecule has 1 saturated heterocycles. The quantitative estimate of drug-likeness (QED) is 0.0487. The van der Waals surface area contributed by atoms with Gasteiger partial charge in [0.05, 0.1) is 35.9 Å². The topological polar surface area (TPSA) is 158 Å². The maximum atomic E-state index is 12.2. The van der Waals surface area contributed by atoms with Crippen molar-refractivity contribution < 1.29 is 57.0 Å². The fourth-order valence-corrected chi connectivity index (χ4v) is 3.55. The van der Waals surface area contributed by atoms with Gasteiger partial charge in [-0.05, 0) is 47.1 Å². The highest BCUT2D eigenvalue weighted by Crippen LogP contribution is 2.29. The van der Waals surface area contributed by atoms with E-state index in [0.717, 1.165) is 19.3 Å². The van der Waals surface area contributed by atoms with E-state index in [9.17, 15) is 14.4 Å². The lowest BCUT2D eigenvalue weighted by molar-refractivity contribution is -0.479. The highest BCUT2D eigenvalue weighted by Gasteiger charge is 2.48. The summed E-state index contributed by atoms with van der Waals surface area (Å²) in [6.07, 6.45) is 0.153. The fourth-order valence-electron chi connectivity index (χ4n) is 3.55. The number of hydrogen-bond acceptors (Lipinski definition) is 13. The smallest absolute Gasteiger partial charge is 0.407 e. The van der Waals surface area contributed by atoms with Gasteiger partial charge in [-0.1, -0.05) is 39.2 Å². The van der Waals surface area contributed by atoms with Gasteiger partial charge in [-0.25, -0.2) is 4.79 Å². The Hall–Kier alpha value is -3.43. The molecular formula is C30H48N2O12. The molecule has 1 fully saturated rings. The SMILES string of the molecule is C=C(C)OCOCC1(COCOC(=C)C)OC(NCCCCCCNC(=O)OC(CC(=O)OC(=C)C)CC(=O)OC(=C)C)O1. The van der Waals surface area contributed by atoms with Crippen molar-refractivity contribution in [1.29, 1.82) is 0 Å². The number of rotatable bonds is 25. The van der Waals surface area contributed by atoms with Crippen LogP contribution in [0.1, 0.15) is 66.2 Å². The molecule has 0 aliphatic carbocycles. The Labute approximate surface area is 259 Å². The Morgan fingerprint density at radius 2 is 1.20 bits per heavy atom. The fraction of sp³-hybridized carbons (Fsp3) is 0.633. The lowest BCUT2D eigenvalue weighted by atomic mass is 10.2. The monoisotopic (exact) mass is 628 g/mol. The summed E-state index contributed by atoms with van der Waals surface area (Å²) in [7, 11) is 0. The minimum Gasteiger partial charge on any atom is -0.473 e. The van der Waals surface area contributed by atoms with Crippen LogP contribution in [0.5, 0.6) is 0 Å². The van der Waals surface area contributed by atoms with Crippen molar-refractivity contribution in [2.24, 2.45) is 0 Å². The van der Waals surface area contributed by atoms with Crippen LogP contribution >= 0.6 is 0 Å². The van der Waals surface area contributed by atoms with Gasteiger partial charge in [0.15, 0.2) is 13.6 Å². The highest BCUT2D eigenvalue weighted by atomic mass is 16.9. The first-order chi connectivity index (χ1) is 20.8. The number of carbonyl (C=O) groups excluding carboxylic acids is 3. The van der Waals surface area contributed by atoms with Crippen LogP contribution in [0, 0.1) is 0 Å². The third kappa shape index (κ3) is 19.0. The normalized spacial score (nSPS) is 13.8. The third-order valence-electron chi connectivity index (χ3n) is 5.39. The Balaban J connectivity index is 2.28. The van der Waals surface area contributed by atoms with Crippen molar-refractivity contribution in [2.75, 3.05) is 39.9 Å². The van der Waals surface area contributed by atoms with Crippen LogP contribution in [0.4, 0.5) is 4.79 Å². The summed E-state index contributed by atoms with van der Waals surface area (Å²) in [5, 5.41) is 5.78. The van der Waals surface area contributed by atoms with Crippen LogP contribution in [0.2, 0.25) is 0 Å². The number of carbonyl (C=O) groups is 3. The van der Waals surface area contributed by atoms with E-state index in [0.29, 0.717) is 31.0 Å². The number of unbranched alkanes of at least 4 members (excludes halogenated alkanes) is 3. The number of ether oxygens (including phenoxy) is 9. The summed E-state index contributed by atoms with van der Waals surface area (Å²) in [6.45, 7) is 21.9. The van der Waals surface area contributed by atoms with Crippen LogP contribution in [0.3, 0.4) is 0 Å². The van der Waals surface area contributed by atoms with Gasteiger partial charge in [-0.3, -0.25) is 14.9 Å². The van der Waals surface area contributed by atoms with Crippen LogP contribution in [0.25, 0.3) is 0 Å². The van der Waals surface area contributed by atoms with Crippen LogP contribution < -0.4 is 10.6 Å². The molecule has 0 unspecified atom stereocenters. The zero-order chi connectivity index (χ0) is 33.0. The van der Waals surface area contributed by atoms with Crippen molar-refractivity contribution in [3.63, 3.8) is 0 Å². The van der Waals surface area contributed by atoms with E-state index in [-0.39, 0.29) is 51.2 Å². The Morgan fingerprint density at radius 3 is 1.66 bits per heavy atom. The summed E-state index contributed by atoms with van der Waals surface area (Å²) < 4.78 is 48.1. The molecule has 2 N–H and O–H groups in total. The summed E-state index contributed by atoms with van der Waals surface area (Å²) in [4.78, 5) is 36.2. The van der Waals surface area contributed by atoms with E-state index in [2.05, 4.69) is 36.9 Å². The predicted octanol–water partition coefficient (Wildman–Crippen LogP) is 4.24. The zero-order valence-electron chi connectivity index (χ0n) is 26.4. The molecule has 0 bridgehead atoms. The van der Waals surface area contributed by atoms with Gasteiger partial charge < -0.3 is 47.9 Å². The first-order valence-electron chi connectivity index (χ1n) is 14.3. The van der Waals surface area contributed by atoms with Gasteiger partial charge in [0.2, 0.25) is 12.2 Å². The Morgan fingerprint density at radius 1 is 0.727 bits per heavy atom. The van der Waals surface area contributed by atoms with Gasteiger partial charge in [-0.15, -0.1) is 0 Å². The van der Waals surface area contributed by atoms with E-state index in [1.54, 1.807) is 13.8 Å². The maximum absolute atomic E-state index is 12.2. The van der Waals surface area contributed by atoms with Gasteiger partial charge in [0.1, 0.15) is 19.3 Å². The summed E-state index contributed by atoms with van der Waals surface area (Å²) in [5.41, 5.74) is 0. The molecule has 0 saturated carbocycles. The number of esters is 2. The Kier molecular flexibility index (Phi) is 18.7. The molecule has 0 aromatic carbocycles. The minimum absolute atomic E-state index is 0.00546. The van der Waals surface area contributed by atoms with Gasteiger partial charge >= 0.3 is 18.0 Å². The molecule has 250 valence electrons. The molecule has 1 amide bonds. The van der Waals surface area contributed by atoms with Crippen LogP contribution in [0.15, 0.2) is 49.4 Å². The largest absolute Gasteiger partial charge is 0.473 e. The number of amides is 1. The van der Waals surface area contributed by atoms with Crippen molar-refractivity contribution in [3.8, 4) is 0 Å². The third-order valence-corrected chi connectivity index (χ3v) is 5.39. The molecular weight excluding hydrogens is 580 g/mol. The van der Waals surface area contributed by atoms with Crippen molar-refractivity contribution in [3.05, 3.63) is 49.4 Å². The van der Waals surface area contributed by atoms with E-state index >= 15 is 0 Å². The maximum Gasteiger partial charge on any atom is 0.407 e. The molecule has 0 atom stereocenters. The standard InChI is InChI=1S/C30H48N2O12/c1-21(2)38-19-36-17-30(18-37-20-39-22(3)4)43-29(44-30)32-14-12-10-9-11-13-31-28(35)42-25(15-26(33)40-23(5)6)16-27(34)41-24(7)8/h25,29,32H,1,3,5,7,9-20H2,2,4,6,8H3,(H,31,35). The number of hydrogen-bond donors (Lipinski definition) is 2. The molecule has 0 aromatic heterocycles. The molecule has 1 rings (SSSR count). The van der Waals surface area contributed by atoms with Crippen molar-refractivity contribution in [2.45, 2.75) is 84.5 Å². The molecule has 1 aliphatic heterocycles. The van der Waals surface area contributed by atoms with Crippen molar-refractivity contribution >= 4 is 18.0 Å². The van der Waals surface area contributed by atoms with Gasteiger partial charge in [0.25, 0.3) is 0 Å². The van der Waals surface area contributed by atoms with Crippen molar-refractivity contribution in [1.82, 2.24) is 10.6 Å². The number of allylic oxidation sites excluding steroid dienone is 4. The number of alkyl carbamates (subject to hydrolysis) is 1. The highest BCUT2D eigenvalue weighted by molar-refractivity contribution is 5.76. The van der Waals surface area contributed by atoms with E-state index < -0.39 is 36.3 Å². The summed E-state index contributed by atoms with van der Waals surface area (Å²) in [5.74, 6) is -1.03. The molecule has 1 heterocycles. The summed E-state index contributed by atoms with van der Waals surface area (Å²) in [6, 6.07) is 0. The molecule has 14 heteroatoms. The second kappa shape index (κ2) is 21.3. The van der Waals surface area contributed by atoms with Crippen LogP contribution in [-0.2, 0) is 52.2 Å². The average molecular weight is 629 g/mol. The minimum atomic E-state index is -1.09. The number of nitrogens with one attached hydrogen (secondary N) is 2. The lowest BCUT2D eigenvalue weighted by Crippen LogP contribution is -2.64. The van der Waals surface area contributed by atoms with E-state index in [1.807, 2.05) is 0 Å². The van der Waals surface area contributed by atoms with Gasteiger partial charge in [-0.2, -0.15) is 0 Å².